The number of piperazine rings is 1. The molecule has 2 aliphatic heterocycles. The van der Waals surface area contributed by atoms with Gasteiger partial charge in [-0.2, -0.15) is 0 Å². The van der Waals surface area contributed by atoms with Gasteiger partial charge >= 0.3 is 0 Å². The molecule has 1 fully saturated rings. The quantitative estimate of drug-likeness (QED) is 0.699. The van der Waals surface area contributed by atoms with Crippen LogP contribution in [0.15, 0.2) is 5.38 Å². The highest BCUT2D eigenvalue weighted by atomic mass is 32.1. The van der Waals surface area contributed by atoms with Gasteiger partial charge in [-0.1, -0.05) is 0 Å². The third-order valence-corrected chi connectivity index (χ3v) is 4.28. The highest BCUT2D eigenvalue weighted by molar-refractivity contribution is 7.10. The highest BCUT2D eigenvalue weighted by Gasteiger charge is 2.31. The maximum Gasteiger partial charge on any atom is 0.137 e. The highest BCUT2D eigenvalue weighted by Crippen LogP contribution is 2.36. The van der Waals surface area contributed by atoms with E-state index in [9.17, 15) is 4.39 Å². The molecule has 0 radical (unpaired) electrons. The number of fused-ring (bicyclic) bond motifs is 3. The molecule has 4 heteroatoms. The summed E-state index contributed by atoms with van der Waals surface area (Å²) in [6, 6.07) is 0.432. The fourth-order valence-electron chi connectivity index (χ4n) is 2.43. The van der Waals surface area contributed by atoms with Gasteiger partial charge in [-0.25, -0.2) is 4.39 Å². The third kappa shape index (κ3) is 1.21. The number of nitrogens with one attached hydrogen (secondary N) is 1. The van der Waals surface area contributed by atoms with Gasteiger partial charge in [0.1, 0.15) is 5.82 Å². The summed E-state index contributed by atoms with van der Waals surface area (Å²) in [4.78, 5) is 3.72. The lowest BCUT2D eigenvalue weighted by Gasteiger charge is -2.39. The van der Waals surface area contributed by atoms with E-state index in [2.05, 4.69) is 10.2 Å². The molecule has 0 aliphatic carbocycles. The van der Waals surface area contributed by atoms with Gasteiger partial charge in [0.05, 0.1) is 6.04 Å². The third-order valence-electron chi connectivity index (χ3n) is 3.18. The van der Waals surface area contributed by atoms with Crippen LogP contribution in [0.1, 0.15) is 16.5 Å². The van der Waals surface area contributed by atoms with Crippen molar-refractivity contribution in [1.82, 2.24) is 10.2 Å². The van der Waals surface area contributed by atoms with Crippen molar-refractivity contribution in [2.75, 3.05) is 26.2 Å². The van der Waals surface area contributed by atoms with Crippen molar-refractivity contribution >= 4 is 11.3 Å². The van der Waals surface area contributed by atoms with E-state index in [-0.39, 0.29) is 5.82 Å². The molecule has 1 N–H and O–H groups in total. The first kappa shape index (κ1) is 8.83. The van der Waals surface area contributed by atoms with Crippen LogP contribution in [0.2, 0.25) is 0 Å². The first-order valence-corrected chi connectivity index (χ1v) is 5.95. The predicted molar refractivity (Wildman–Crippen MR) is 55.2 cm³/mol. The molecule has 2 aliphatic rings. The minimum Gasteiger partial charge on any atom is -0.314 e. The summed E-state index contributed by atoms with van der Waals surface area (Å²) < 4.78 is 13.4. The Labute approximate surface area is 86.7 Å². The normalized spacial score (nSPS) is 27.1. The monoisotopic (exact) mass is 212 g/mol. The van der Waals surface area contributed by atoms with E-state index in [1.807, 2.05) is 0 Å². The van der Waals surface area contributed by atoms with E-state index < -0.39 is 0 Å². The number of halogens is 1. The van der Waals surface area contributed by atoms with Crippen LogP contribution in [0.25, 0.3) is 0 Å². The van der Waals surface area contributed by atoms with Gasteiger partial charge in [-0.05, 0) is 6.42 Å². The fraction of sp³-hybridized carbons (Fsp3) is 0.600. The summed E-state index contributed by atoms with van der Waals surface area (Å²) in [7, 11) is 0. The minimum atomic E-state index is 0.00947. The van der Waals surface area contributed by atoms with Crippen molar-refractivity contribution in [3.63, 3.8) is 0 Å². The zero-order chi connectivity index (χ0) is 9.54. The molecule has 1 aromatic rings. The molecule has 1 aromatic heterocycles. The van der Waals surface area contributed by atoms with Gasteiger partial charge in [0, 0.05) is 42.0 Å². The first-order valence-electron chi connectivity index (χ1n) is 5.07. The molecule has 14 heavy (non-hydrogen) atoms. The van der Waals surface area contributed by atoms with Gasteiger partial charge in [0.2, 0.25) is 0 Å². The van der Waals surface area contributed by atoms with Crippen LogP contribution < -0.4 is 5.32 Å². The van der Waals surface area contributed by atoms with Crippen LogP contribution in [0.5, 0.6) is 0 Å². The van der Waals surface area contributed by atoms with Crippen LogP contribution in [-0.4, -0.2) is 31.1 Å². The molecule has 0 amide bonds. The minimum absolute atomic E-state index is 0.00947. The molecule has 1 atom stereocenters. The molecule has 1 saturated heterocycles. The summed E-state index contributed by atoms with van der Waals surface area (Å²) in [5.41, 5.74) is 0.972. The lowest BCUT2D eigenvalue weighted by Crippen LogP contribution is -2.48. The van der Waals surface area contributed by atoms with Gasteiger partial charge in [-0.15, -0.1) is 11.3 Å². The SMILES string of the molecule is Fc1csc2c1CCN1CCNCC21. The topological polar surface area (TPSA) is 15.3 Å². The van der Waals surface area contributed by atoms with E-state index in [4.69, 9.17) is 0 Å². The van der Waals surface area contributed by atoms with Crippen molar-refractivity contribution in [3.05, 3.63) is 21.6 Å². The summed E-state index contributed by atoms with van der Waals surface area (Å²) in [6.45, 7) is 4.17. The Hall–Kier alpha value is -0.450. The Bertz CT molecular complexity index is 350. The molecule has 1 unspecified atom stereocenters. The molecular formula is C10H13FN2S. The summed E-state index contributed by atoms with van der Waals surface area (Å²) in [6.07, 6.45) is 0.890. The Morgan fingerprint density at radius 1 is 1.50 bits per heavy atom. The van der Waals surface area contributed by atoms with Crippen LogP contribution in [0, 0.1) is 5.82 Å². The number of hydrogen-bond donors (Lipinski definition) is 1. The Morgan fingerprint density at radius 3 is 3.36 bits per heavy atom. The van der Waals surface area contributed by atoms with Crippen molar-refractivity contribution in [2.24, 2.45) is 0 Å². The molecule has 0 aromatic carbocycles. The Kier molecular flexibility index (Phi) is 2.08. The molecule has 2 nitrogen and oxygen atoms in total. The van der Waals surface area contributed by atoms with Crippen LogP contribution in [0.3, 0.4) is 0 Å². The van der Waals surface area contributed by atoms with Gasteiger partial charge in [0.25, 0.3) is 0 Å². The smallest absolute Gasteiger partial charge is 0.137 e. The summed E-state index contributed by atoms with van der Waals surface area (Å²) in [5, 5.41) is 5.03. The zero-order valence-corrected chi connectivity index (χ0v) is 8.74. The second-order valence-electron chi connectivity index (χ2n) is 3.93. The second kappa shape index (κ2) is 3.29. The standard InChI is InChI=1S/C10H13FN2S/c11-8-6-14-10-7(8)1-3-13-4-2-12-5-9(10)13/h6,9,12H,1-5H2. The van der Waals surface area contributed by atoms with E-state index >= 15 is 0 Å². The van der Waals surface area contributed by atoms with Gasteiger partial charge in [-0.3, -0.25) is 4.90 Å². The van der Waals surface area contributed by atoms with Gasteiger partial charge < -0.3 is 5.32 Å². The lowest BCUT2D eigenvalue weighted by molar-refractivity contribution is 0.154. The predicted octanol–water partition coefficient (Wildman–Crippen LogP) is 1.39. The molecule has 3 heterocycles. The molecule has 0 saturated carbocycles. The number of thiophene rings is 1. The second-order valence-corrected chi connectivity index (χ2v) is 4.84. The van der Waals surface area contributed by atoms with E-state index in [1.165, 1.54) is 4.88 Å². The zero-order valence-electron chi connectivity index (χ0n) is 7.92. The summed E-state index contributed by atoms with van der Waals surface area (Å²) in [5.74, 6) is 0.00947. The number of rotatable bonds is 0. The Morgan fingerprint density at radius 2 is 2.43 bits per heavy atom. The average molecular weight is 212 g/mol. The van der Waals surface area contributed by atoms with Crippen molar-refractivity contribution in [3.8, 4) is 0 Å². The molecule has 3 rings (SSSR count). The van der Waals surface area contributed by atoms with E-state index in [0.29, 0.717) is 6.04 Å². The van der Waals surface area contributed by atoms with Crippen LogP contribution in [0.4, 0.5) is 4.39 Å². The fourth-order valence-corrected chi connectivity index (χ4v) is 3.53. The molecule has 0 spiro atoms. The average Bonchev–Trinajstić information content (AvgIpc) is 2.61. The molecule has 0 bridgehead atoms. The van der Waals surface area contributed by atoms with Crippen molar-refractivity contribution < 1.29 is 4.39 Å². The Balaban J connectivity index is 1.99. The molecule has 76 valence electrons. The summed E-state index contributed by atoms with van der Waals surface area (Å²) >= 11 is 1.58. The van der Waals surface area contributed by atoms with E-state index in [1.54, 1.807) is 16.7 Å². The van der Waals surface area contributed by atoms with E-state index in [0.717, 1.165) is 38.2 Å². The number of nitrogens with zero attached hydrogens (tertiary/aromatic N) is 1. The van der Waals surface area contributed by atoms with Crippen molar-refractivity contribution in [2.45, 2.75) is 12.5 Å². The number of hydrogen-bond acceptors (Lipinski definition) is 3. The maximum atomic E-state index is 13.4. The largest absolute Gasteiger partial charge is 0.314 e. The lowest BCUT2D eigenvalue weighted by atomic mass is 10.00. The maximum absolute atomic E-state index is 13.4. The van der Waals surface area contributed by atoms with Gasteiger partial charge in [0.15, 0.2) is 0 Å². The van der Waals surface area contributed by atoms with Crippen LogP contribution >= 0.6 is 11.3 Å². The first-order chi connectivity index (χ1) is 6.86. The van der Waals surface area contributed by atoms with Crippen molar-refractivity contribution in [1.29, 1.82) is 0 Å². The molecular weight excluding hydrogens is 199 g/mol. The van der Waals surface area contributed by atoms with Crippen LogP contribution in [-0.2, 0) is 6.42 Å².